The first kappa shape index (κ1) is 15.5. The van der Waals surface area contributed by atoms with E-state index < -0.39 is 0 Å². The fraction of sp³-hybridized carbons (Fsp3) is 0.429. The molecule has 0 saturated heterocycles. The molecule has 1 atom stereocenters. The van der Waals surface area contributed by atoms with Crippen LogP contribution in [0.2, 0.25) is 0 Å². The molecule has 21 heavy (non-hydrogen) atoms. The molecular weight excluding hydrogens is 286 g/mol. The Hall–Kier alpha value is -1.89. The molecule has 0 aliphatic heterocycles. The second-order valence-electron chi connectivity index (χ2n) is 4.95. The second-order valence-corrected chi connectivity index (χ2v) is 5.89. The highest BCUT2D eigenvalue weighted by Crippen LogP contribution is 2.13. The van der Waals surface area contributed by atoms with E-state index in [9.17, 15) is 4.79 Å². The first-order valence-corrected chi connectivity index (χ1v) is 7.71. The largest absolute Gasteiger partial charge is 0.351 e. The van der Waals surface area contributed by atoms with E-state index in [1.807, 2.05) is 37.6 Å². The summed E-state index contributed by atoms with van der Waals surface area (Å²) in [5, 5.41) is 3.60. The SMILES string of the molecule is Cc1cc(C)nc(SCC(=O)N[C@H](C)Cn2ccnc2)n1. The Morgan fingerprint density at radius 1 is 1.38 bits per heavy atom. The summed E-state index contributed by atoms with van der Waals surface area (Å²) in [7, 11) is 0. The summed E-state index contributed by atoms with van der Waals surface area (Å²) in [5.41, 5.74) is 1.83. The highest BCUT2D eigenvalue weighted by molar-refractivity contribution is 7.99. The van der Waals surface area contributed by atoms with Gasteiger partial charge in [0.25, 0.3) is 0 Å². The van der Waals surface area contributed by atoms with E-state index in [2.05, 4.69) is 20.3 Å². The Balaban J connectivity index is 1.79. The molecule has 0 unspecified atom stereocenters. The van der Waals surface area contributed by atoms with Crippen LogP contribution in [0.3, 0.4) is 0 Å². The van der Waals surface area contributed by atoms with Gasteiger partial charge in [-0.3, -0.25) is 4.79 Å². The number of hydrogen-bond donors (Lipinski definition) is 1. The Kier molecular flexibility index (Phi) is 5.32. The van der Waals surface area contributed by atoms with Crippen molar-refractivity contribution in [2.45, 2.75) is 38.5 Å². The van der Waals surface area contributed by atoms with E-state index in [1.54, 1.807) is 12.5 Å². The minimum Gasteiger partial charge on any atom is -0.351 e. The zero-order valence-corrected chi connectivity index (χ0v) is 13.2. The van der Waals surface area contributed by atoms with Crippen LogP contribution in [-0.2, 0) is 11.3 Å². The van der Waals surface area contributed by atoms with Crippen molar-refractivity contribution in [2.75, 3.05) is 5.75 Å². The maximum Gasteiger partial charge on any atom is 0.230 e. The van der Waals surface area contributed by atoms with Gasteiger partial charge in [-0.25, -0.2) is 15.0 Å². The molecule has 1 N–H and O–H groups in total. The quantitative estimate of drug-likeness (QED) is 0.648. The first-order valence-electron chi connectivity index (χ1n) is 6.73. The van der Waals surface area contributed by atoms with Crippen LogP contribution in [0.15, 0.2) is 29.9 Å². The van der Waals surface area contributed by atoms with Crippen LogP contribution in [0.5, 0.6) is 0 Å². The van der Waals surface area contributed by atoms with E-state index >= 15 is 0 Å². The normalized spacial score (nSPS) is 12.1. The summed E-state index contributed by atoms with van der Waals surface area (Å²) >= 11 is 1.35. The molecule has 0 aliphatic carbocycles. The van der Waals surface area contributed by atoms with Crippen molar-refractivity contribution in [3.63, 3.8) is 0 Å². The predicted octanol–water partition coefficient (Wildman–Crippen LogP) is 1.59. The zero-order chi connectivity index (χ0) is 15.2. The molecule has 2 rings (SSSR count). The summed E-state index contributed by atoms with van der Waals surface area (Å²) in [6, 6.07) is 1.96. The van der Waals surface area contributed by atoms with Gasteiger partial charge in [-0.15, -0.1) is 0 Å². The average molecular weight is 305 g/mol. The standard InChI is InChI=1S/C14H19N5OS/c1-10-6-11(2)18-14(17-10)21-8-13(20)16-12(3)7-19-5-4-15-9-19/h4-6,9,12H,7-8H2,1-3H3,(H,16,20)/t12-/m1/s1. The molecule has 0 bridgehead atoms. The molecule has 0 aliphatic rings. The molecular formula is C14H19N5OS. The van der Waals surface area contributed by atoms with Crippen molar-refractivity contribution in [3.05, 3.63) is 36.2 Å². The number of aryl methyl sites for hydroxylation is 2. The Bertz CT molecular complexity index is 579. The zero-order valence-electron chi connectivity index (χ0n) is 12.4. The highest BCUT2D eigenvalue weighted by atomic mass is 32.2. The van der Waals surface area contributed by atoms with E-state index in [1.165, 1.54) is 11.8 Å². The van der Waals surface area contributed by atoms with E-state index in [-0.39, 0.29) is 11.9 Å². The van der Waals surface area contributed by atoms with Gasteiger partial charge < -0.3 is 9.88 Å². The molecule has 0 fully saturated rings. The number of rotatable bonds is 6. The molecule has 0 radical (unpaired) electrons. The lowest BCUT2D eigenvalue weighted by Crippen LogP contribution is -2.36. The molecule has 6 nitrogen and oxygen atoms in total. The van der Waals surface area contributed by atoms with Crippen molar-refractivity contribution in [1.29, 1.82) is 0 Å². The van der Waals surface area contributed by atoms with Crippen molar-refractivity contribution in [3.8, 4) is 0 Å². The van der Waals surface area contributed by atoms with Crippen LogP contribution >= 0.6 is 11.8 Å². The van der Waals surface area contributed by atoms with Gasteiger partial charge in [0.1, 0.15) is 0 Å². The molecule has 2 aromatic heterocycles. The van der Waals surface area contributed by atoms with Crippen LogP contribution in [0.25, 0.3) is 0 Å². The topological polar surface area (TPSA) is 72.7 Å². The molecule has 0 spiro atoms. The Labute approximate surface area is 128 Å². The summed E-state index contributed by atoms with van der Waals surface area (Å²) in [4.78, 5) is 24.5. The van der Waals surface area contributed by atoms with Crippen molar-refractivity contribution >= 4 is 17.7 Å². The number of imidazole rings is 1. The fourth-order valence-corrected chi connectivity index (χ4v) is 2.72. The van der Waals surface area contributed by atoms with Gasteiger partial charge in [0.15, 0.2) is 5.16 Å². The molecule has 0 aromatic carbocycles. The summed E-state index contributed by atoms with van der Waals surface area (Å²) < 4.78 is 1.94. The summed E-state index contributed by atoms with van der Waals surface area (Å²) in [6.45, 7) is 6.52. The molecule has 1 amide bonds. The maximum atomic E-state index is 11.9. The van der Waals surface area contributed by atoms with Crippen LogP contribution in [0.4, 0.5) is 0 Å². The number of aromatic nitrogens is 4. The first-order chi connectivity index (χ1) is 10.0. The number of hydrogen-bond acceptors (Lipinski definition) is 5. The fourth-order valence-electron chi connectivity index (χ4n) is 1.96. The second kappa shape index (κ2) is 7.21. The molecule has 2 heterocycles. The molecule has 0 saturated carbocycles. The number of carbonyl (C=O) groups is 1. The molecule has 7 heteroatoms. The molecule has 112 valence electrons. The summed E-state index contributed by atoms with van der Waals surface area (Å²) in [5.74, 6) is 0.298. The third-order valence-corrected chi connectivity index (χ3v) is 3.59. The van der Waals surface area contributed by atoms with Crippen LogP contribution in [0, 0.1) is 13.8 Å². The lowest BCUT2D eigenvalue weighted by molar-refractivity contribution is -0.119. The average Bonchev–Trinajstić information content (AvgIpc) is 2.88. The number of thioether (sulfide) groups is 1. The van der Waals surface area contributed by atoms with Crippen LogP contribution in [0.1, 0.15) is 18.3 Å². The molecule has 2 aromatic rings. The van der Waals surface area contributed by atoms with Gasteiger partial charge in [-0.05, 0) is 26.8 Å². The van der Waals surface area contributed by atoms with Crippen molar-refractivity contribution in [2.24, 2.45) is 0 Å². The number of carbonyl (C=O) groups excluding carboxylic acids is 1. The lowest BCUT2D eigenvalue weighted by Gasteiger charge is -2.14. The Morgan fingerprint density at radius 3 is 2.71 bits per heavy atom. The van der Waals surface area contributed by atoms with Gasteiger partial charge in [0.05, 0.1) is 12.1 Å². The van der Waals surface area contributed by atoms with Gasteiger partial charge >= 0.3 is 0 Å². The van der Waals surface area contributed by atoms with E-state index in [0.717, 1.165) is 11.4 Å². The highest BCUT2D eigenvalue weighted by Gasteiger charge is 2.10. The van der Waals surface area contributed by atoms with Crippen LogP contribution in [-0.4, -0.2) is 37.2 Å². The van der Waals surface area contributed by atoms with Gasteiger partial charge in [-0.2, -0.15) is 0 Å². The Morgan fingerprint density at radius 2 is 2.10 bits per heavy atom. The van der Waals surface area contributed by atoms with Gasteiger partial charge in [-0.1, -0.05) is 11.8 Å². The minimum absolute atomic E-state index is 0.0182. The summed E-state index contributed by atoms with van der Waals surface area (Å²) in [6.07, 6.45) is 5.34. The monoisotopic (exact) mass is 305 g/mol. The van der Waals surface area contributed by atoms with Gasteiger partial charge in [0.2, 0.25) is 5.91 Å². The number of amides is 1. The van der Waals surface area contributed by atoms with Crippen LogP contribution < -0.4 is 5.32 Å². The van der Waals surface area contributed by atoms with Crippen molar-refractivity contribution < 1.29 is 4.79 Å². The smallest absolute Gasteiger partial charge is 0.230 e. The van der Waals surface area contributed by atoms with E-state index in [4.69, 9.17) is 0 Å². The predicted molar refractivity (Wildman–Crippen MR) is 82.1 cm³/mol. The third kappa shape index (κ3) is 5.18. The number of nitrogens with zero attached hydrogens (tertiary/aromatic N) is 4. The third-order valence-electron chi connectivity index (χ3n) is 2.75. The van der Waals surface area contributed by atoms with Crippen molar-refractivity contribution in [1.82, 2.24) is 24.8 Å². The maximum absolute atomic E-state index is 11.9. The lowest BCUT2D eigenvalue weighted by atomic mass is 10.3. The number of nitrogens with one attached hydrogen (secondary N) is 1. The minimum atomic E-state index is -0.0182. The van der Waals surface area contributed by atoms with Gasteiger partial charge in [0, 0.05) is 36.4 Å². The van der Waals surface area contributed by atoms with E-state index in [0.29, 0.717) is 17.5 Å².